The molecule has 7 rings (SSSR count). The minimum absolute atomic E-state index is 0.124. The summed E-state index contributed by atoms with van der Waals surface area (Å²) in [4.78, 5) is 22.0. The van der Waals surface area contributed by atoms with E-state index < -0.39 is 29.2 Å². The number of carbonyl (C=O) groups excluding carboxylic acids is 1. The zero-order chi connectivity index (χ0) is 33.0. The Morgan fingerprint density at radius 1 is 1.04 bits per heavy atom. The van der Waals surface area contributed by atoms with Gasteiger partial charge in [0.15, 0.2) is 11.4 Å². The maximum Gasteiger partial charge on any atom is 0.413 e. The van der Waals surface area contributed by atoms with Crippen LogP contribution < -0.4 is 14.8 Å². The van der Waals surface area contributed by atoms with E-state index in [-0.39, 0.29) is 22.0 Å². The number of nitrogens with zero attached hydrogens (tertiary/aromatic N) is 4. The van der Waals surface area contributed by atoms with E-state index in [4.69, 9.17) is 19.0 Å². The molecule has 0 spiro atoms. The van der Waals surface area contributed by atoms with Crippen molar-refractivity contribution >= 4 is 6.09 Å². The third-order valence-electron chi connectivity index (χ3n) is 10.1. The van der Waals surface area contributed by atoms with Crippen LogP contribution in [-0.4, -0.2) is 39.5 Å². The van der Waals surface area contributed by atoms with Gasteiger partial charge >= 0.3 is 12.3 Å². The van der Waals surface area contributed by atoms with Crippen molar-refractivity contribution in [3.63, 3.8) is 0 Å². The molecule has 1 amide bonds. The number of nitriles is 1. The van der Waals surface area contributed by atoms with Gasteiger partial charge in [-0.3, -0.25) is 0 Å². The first kappa shape index (κ1) is 31.8. The normalized spacial score (nSPS) is 23.1. The molecule has 3 aromatic rings. The number of carbonyl (C=O) groups is 1. The van der Waals surface area contributed by atoms with Crippen LogP contribution in [0.1, 0.15) is 102 Å². The van der Waals surface area contributed by atoms with Crippen LogP contribution in [0.25, 0.3) is 11.1 Å². The van der Waals surface area contributed by atoms with Gasteiger partial charge in [0.2, 0.25) is 11.8 Å². The van der Waals surface area contributed by atoms with E-state index in [0.717, 1.165) is 76.9 Å². The number of nitrogens with one attached hydrogen (secondary N) is 1. The molecule has 0 radical (unpaired) electrons. The van der Waals surface area contributed by atoms with Crippen molar-refractivity contribution in [1.29, 1.82) is 5.26 Å². The number of ether oxygens (including phenoxy) is 2. The molecule has 244 valence electrons. The van der Waals surface area contributed by atoms with Gasteiger partial charge in [-0.15, -0.1) is 0 Å². The summed E-state index contributed by atoms with van der Waals surface area (Å²) in [6.07, 6.45) is 3.23. The predicted octanol–water partition coefficient (Wildman–Crippen LogP) is 7.91. The van der Waals surface area contributed by atoms with Gasteiger partial charge in [0.25, 0.3) is 0 Å². The molecule has 0 atom stereocenters. The van der Waals surface area contributed by atoms with Gasteiger partial charge in [0, 0.05) is 29.6 Å². The highest BCUT2D eigenvalue weighted by Gasteiger charge is 2.53. The average molecular weight is 638 g/mol. The lowest BCUT2D eigenvalue weighted by atomic mass is 9.53. The lowest BCUT2D eigenvalue weighted by Gasteiger charge is -2.51. The number of hydrogen-bond donors (Lipinski definition) is 1. The largest absolute Gasteiger partial charge is 0.473 e. The number of rotatable bonds is 9. The molecule has 4 fully saturated rings. The van der Waals surface area contributed by atoms with Gasteiger partial charge < -0.3 is 19.3 Å². The molecule has 0 unspecified atom stereocenters. The summed E-state index contributed by atoms with van der Waals surface area (Å²) in [5, 5.41) is 16.3. The molecule has 4 saturated carbocycles. The lowest BCUT2D eigenvalue weighted by Crippen LogP contribution is -2.49. The molecule has 1 N–H and O–H groups in total. The first-order valence-corrected chi connectivity index (χ1v) is 15.7. The molecule has 4 aliphatic rings. The van der Waals surface area contributed by atoms with Crippen LogP contribution in [0.5, 0.6) is 11.6 Å². The van der Waals surface area contributed by atoms with Crippen molar-refractivity contribution in [2.45, 2.75) is 108 Å². The maximum absolute atomic E-state index is 14.5. The fraction of sp³-hybridized carbons (Fsp3) is 0.559. The first-order valence-electron chi connectivity index (χ1n) is 15.7. The van der Waals surface area contributed by atoms with Crippen molar-refractivity contribution in [3.05, 3.63) is 53.8 Å². The Morgan fingerprint density at radius 2 is 1.70 bits per heavy atom. The highest BCUT2D eigenvalue weighted by molar-refractivity contribution is 5.75. The third-order valence-corrected chi connectivity index (χ3v) is 10.1. The fourth-order valence-corrected chi connectivity index (χ4v) is 6.72. The van der Waals surface area contributed by atoms with Gasteiger partial charge in [-0.05, 0) is 114 Å². The zero-order valence-electron chi connectivity index (χ0n) is 26.5. The molecule has 0 aliphatic heterocycles. The van der Waals surface area contributed by atoms with Crippen LogP contribution in [-0.2, 0) is 10.8 Å². The Bertz CT molecular complexity index is 1630. The quantitative estimate of drug-likeness (QED) is 0.251. The Hall–Kier alpha value is -4.14. The summed E-state index contributed by atoms with van der Waals surface area (Å²) in [5.41, 5.74) is -3.35. The summed E-state index contributed by atoms with van der Waals surface area (Å²) < 4.78 is 60.3. The van der Waals surface area contributed by atoms with Crippen LogP contribution in [0.3, 0.4) is 0 Å². The third kappa shape index (κ3) is 6.04. The Kier molecular flexibility index (Phi) is 7.81. The molecule has 2 bridgehead atoms. The zero-order valence-corrected chi connectivity index (χ0v) is 26.5. The molecule has 9 nitrogen and oxygen atoms in total. The lowest BCUT2D eigenvalue weighted by molar-refractivity contribution is -0.180. The molecular weight excluding hydrogens is 599 g/mol. The van der Waals surface area contributed by atoms with Crippen LogP contribution in [0.15, 0.2) is 41.1 Å². The minimum Gasteiger partial charge on any atom is -0.473 e. The maximum atomic E-state index is 14.5. The number of aromatic nitrogens is 3. The number of benzene rings is 1. The second kappa shape index (κ2) is 11.3. The van der Waals surface area contributed by atoms with Crippen molar-refractivity contribution < 1.29 is 32.0 Å². The van der Waals surface area contributed by atoms with E-state index in [0.29, 0.717) is 23.8 Å². The highest BCUT2D eigenvalue weighted by atomic mass is 19.4. The smallest absolute Gasteiger partial charge is 0.413 e. The van der Waals surface area contributed by atoms with Crippen LogP contribution in [0.2, 0.25) is 0 Å². The number of halogens is 3. The van der Waals surface area contributed by atoms with Crippen LogP contribution in [0, 0.1) is 16.7 Å². The van der Waals surface area contributed by atoms with Gasteiger partial charge in [-0.1, -0.05) is 17.3 Å². The summed E-state index contributed by atoms with van der Waals surface area (Å²) in [6, 6.07) is 9.88. The number of fused-ring (bicyclic) bond motifs is 3. The molecule has 46 heavy (non-hydrogen) atoms. The van der Waals surface area contributed by atoms with Gasteiger partial charge in [-0.2, -0.15) is 23.4 Å². The second-order valence-electron chi connectivity index (χ2n) is 14.2. The first-order chi connectivity index (χ1) is 21.7. The molecular formula is C34H38F3N5O4. The molecule has 2 aromatic heterocycles. The summed E-state index contributed by atoms with van der Waals surface area (Å²) in [5.74, 6) is 1.95. The van der Waals surface area contributed by atoms with E-state index >= 15 is 0 Å². The number of amides is 1. The summed E-state index contributed by atoms with van der Waals surface area (Å²) in [7, 11) is 0. The Balaban J connectivity index is 1.17. The number of alkyl halides is 3. The van der Waals surface area contributed by atoms with Gasteiger partial charge in [0.1, 0.15) is 11.8 Å². The topological polar surface area (TPSA) is 123 Å². The van der Waals surface area contributed by atoms with E-state index in [9.17, 15) is 23.2 Å². The Morgan fingerprint density at radius 3 is 2.28 bits per heavy atom. The highest BCUT2D eigenvalue weighted by Crippen LogP contribution is 2.57. The Labute approximate surface area is 265 Å². The predicted molar refractivity (Wildman–Crippen MR) is 161 cm³/mol. The summed E-state index contributed by atoms with van der Waals surface area (Å²) in [6.45, 7) is 5.64. The van der Waals surface area contributed by atoms with Gasteiger partial charge in [-0.25, -0.2) is 9.78 Å². The standard InChI is InChI=1S/C34H38F3N5O4/c1-30(2,19-38)45-23-9-7-21(8-10-23)24-11-18-39-27(25(24)31(3,4)34(35,36)37)44-29(43)40-20-32-12-15-33(16-13-32,17-14-32)28-41-26(42-46-28)22-5-6-22/h7-11,18,22H,5-6,12-17,20H2,1-4H3,(H,40,43). The molecule has 0 saturated heterocycles. The van der Waals surface area contributed by atoms with Gasteiger partial charge in [0.05, 0.1) is 5.41 Å². The van der Waals surface area contributed by atoms with Crippen molar-refractivity contribution in [2.75, 3.05) is 6.54 Å². The van der Waals surface area contributed by atoms with E-state index in [1.807, 2.05) is 6.07 Å². The SMILES string of the molecule is CC(C)(C#N)Oc1ccc(-c2ccnc(OC(=O)NCC34CCC(c5nc(C6CC6)no5)(CC3)CC4)c2C(C)(C)C(F)(F)F)cc1. The summed E-state index contributed by atoms with van der Waals surface area (Å²) >= 11 is 0. The fourth-order valence-electron chi connectivity index (χ4n) is 6.72. The van der Waals surface area contributed by atoms with E-state index in [1.54, 1.807) is 38.1 Å². The molecule has 2 heterocycles. The number of pyridine rings is 1. The second-order valence-corrected chi connectivity index (χ2v) is 14.2. The van der Waals surface area contributed by atoms with E-state index in [2.05, 4.69) is 15.5 Å². The molecule has 1 aromatic carbocycles. The monoisotopic (exact) mass is 637 g/mol. The molecule has 12 heteroatoms. The van der Waals surface area contributed by atoms with Crippen molar-refractivity contribution in [2.24, 2.45) is 5.41 Å². The van der Waals surface area contributed by atoms with Crippen LogP contribution in [0.4, 0.5) is 18.0 Å². The minimum atomic E-state index is -4.67. The van der Waals surface area contributed by atoms with Crippen LogP contribution >= 0.6 is 0 Å². The van der Waals surface area contributed by atoms with Crippen molar-refractivity contribution in [3.8, 4) is 28.8 Å². The average Bonchev–Trinajstić information content (AvgIpc) is 3.76. The molecule has 4 aliphatic carbocycles. The number of hydrogen-bond acceptors (Lipinski definition) is 8. The van der Waals surface area contributed by atoms with Crippen molar-refractivity contribution in [1.82, 2.24) is 20.4 Å². The van der Waals surface area contributed by atoms with E-state index in [1.165, 1.54) is 12.3 Å².